The Kier molecular flexibility index (Phi) is 3.82. The lowest BCUT2D eigenvalue weighted by molar-refractivity contribution is -0.145. The third-order valence-electron chi connectivity index (χ3n) is 6.17. The fraction of sp³-hybridized carbons (Fsp3) is 0.650. The Balaban J connectivity index is 1.45. The van der Waals surface area contributed by atoms with Crippen molar-refractivity contribution >= 4 is 5.97 Å². The zero-order valence-corrected chi connectivity index (χ0v) is 13.9. The minimum absolute atomic E-state index is 0.00937. The SMILES string of the molecule is CCOC(=O)COc1ccc(C23CC4CC(CC(C4)C2)C3)cc1. The zero-order valence-electron chi connectivity index (χ0n) is 13.9. The smallest absolute Gasteiger partial charge is 0.344 e. The van der Waals surface area contributed by atoms with Gasteiger partial charge in [-0.15, -0.1) is 0 Å². The Morgan fingerprint density at radius 3 is 2.13 bits per heavy atom. The van der Waals surface area contributed by atoms with E-state index in [0.717, 1.165) is 23.5 Å². The maximum Gasteiger partial charge on any atom is 0.344 e. The standard InChI is InChI=1S/C20H26O3/c1-2-22-19(21)13-23-18-5-3-17(4-6-18)20-10-14-7-15(11-20)9-16(8-14)12-20/h3-6,14-16H,2,7-13H2,1H3. The first-order valence-corrected chi connectivity index (χ1v) is 9.06. The van der Waals surface area contributed by atoms with Gasteiger partial charge in [0.1, 0.15) is 5.75 Å². The van der Waals surface area contributed by atoms with Gasteiger partial charge in [0, 0.05) is 0 Å². The highest BCUT2D eigenvalue weighted by Crippen LogP contribution is 2.60. The minimum atomic E-state index is -0.308. The fourth-order valence-corrected chi connectivity index (χ4v) is 5.71. The molecule has 0 atom stereocenters. The summed E-state index contributed by atoms with van der Waals surface area (Å²) in [6.07, 6.45) is 8.55. The summed E-state index contributed by atoms with van der Waals surface area (Å²) >= 11 is 0. The van der Waals surface area contributed by atoms with E-state index in [2.05, 4.69) is 12.1 Å². The summed E-state index contributed by atoms with van der Waals surface area (Å²) in [4.78, 5) is 11.4. The molecule has 1 aromatic rings. The quantitative estimate of drug-likeness (QED) is 0.768. The Hall–Kier alpha value is -1.51. The van der Waals surface area contributed by atoms with Crippen molar-refractivity contribution in [3.05, 3.63) is 29.8 Å². The number of ether oxygens (including phenoxy) is 2. The molecule has 0 heterocycles. The molecule has 0 radical (unpaired) electrons. The molecule has 1 aromatic carbocycles. The van der Waals surface area contributed by atoms with Crippen LogP contribution in [0.4, 0.5) is 0 Å². The maximum absolute atomic E-state index is 11.4. The van der Waals surface area contributed by atoms with E-state index >= 15 is 0 Å². The van der Waals surface area contributed by atoms with Gasteiger partial charge in [-0.2, -0.15) is 0 Å². The van der Waals surface area contributed by atoms with Crippen LogP contribution in [0, 0.1) is 17.8 Å². The van der Waals surface area contributed by atoms with Crippen LogP contribution in [-0.2, 0) is 14.9 Å². The highest BCUT2D eigenvalue weighted by atomic mass is 16.6. The molecule has 4 fully saturated rings. The van der Waals surface area contributed by atoms with E-state index < -0.39 is 0 Å². The van der Waals surface area contributed by atoms with Crippen LogP contribution in [-0.4, -0.2) is 19.2 Å². The summed E-state index contributed by atoms with van der Waals surface area (Å²) in [5.74, 6) is 3.33. The Bertz CT molecular complexity index is 540. The first kappa shape index (κ1) is 15.0. The second-order valence-corrected chi connectivity index (χ2v) is 7.82. The summed E-state index contributed by atoms with van der Waals surface area (Å²) in [5.41, 5.74) is 1.91. The van der Waals surface area contributed by atoms with Crippen LogP contribution in [0.5, 0.6) is 5.75 Å². The van der Waals surface area contributed by atoms with E-state index in [4.69, 9.17) is 9.47 Å². The van der Waals surface area contributed by atoms with Gasteiger partial charge in [-0.25, -0.2) is 4.79 Å². The zero-order chi connectivity index (χ0) is 15.9. The molecule has 0 spiro atoms. The van der Waals surface area contributed by atoms with Crippen molar-refractivity contribution in [3.8, 4) is 5.75 Å². The molecule has 0 aromatic heterocycles. The third-order valence-corrected chi connectivity index (χ3v) is 6.17. The van der Waals surface area contributed by atoms with E-state index in [1.165, 1.54) is 44.1 Å². The van der Waals surface area contributed by atoms with Crippen LogP contribution in [0.15, 0.2) is 24.3 Å². The summed E-state index contributed by atoms with van der Waals surface area (Å²) in [5, 5.41) is 0. The molecule has 4 aliphatic carbocycles. The molecule has 0 amide bonds. The molecule has 4 saturated carbocycles. The van der Waals surface area contributed by atoms with Crippen LogP contribution < -0.4 is 4.74 Å². The van der Waals surface area contributed by atoms with Gasteiger partial charge in [0.15, 0.2) is 6.61 Å². The van der Waals surface area contributed by atoms with Gasteiger partial charge in [-0.05, 0) is 86.3 Å². The summed E-state index contributed by atoms with van der Waals surface area (Å²) in [7, 11) is 0. The van der Waals surface area contributed by atoms with E-state index in [9.17, 15) is 4.79 Å². The Morgan fingerprint density at radius 2 is 1.61 bits per heavy atom. The molecule has 4 bridgehead atoms. The molecule has 3 nitrogen and oxygen atoms in total. The summed E-state index contributed by atoms with van der Waals surface area (Å²) in [6.45, 7) is 2.19. The number of carbonyl (C=O) groups is 1. The molecule has 0 aliphatic heterocycles. The molecule has 124 valence electrons. The highest BCUT2D eigenvalue weighted by molar-refractivity contribution is 5.71. The molecule has 3 heteroatoms. The Labute approximate surface area is 138 Å². The van der Waals surface area contributed by atoms with Crippen LogP contribution in [0.2, 0.25) is 0 Å². The molecule has 4 aliphatic rings. The van der Waals surface area contributed by atoms with Crippen molar-refractivity contribution in [2.45, 2.75) is 50.9 Å². The summed E-state index contributed by atoms with van der Waals surface area (Å²) < 4.78 is 10.4. The number of benzene rings is 1. The molecule has 0 saturated heterocycles. The molecule has 0 unspecified atom stereocenters. The van der Waals surface area contributed by atoms with Crippen molar-refractivity contribution in [1.82, 2.24) is 0 Å². The van der Waals surface area contributed by atoms with E-state index in [-0.39, 0.29) is 12.6 Å². The molecule has 5 rings (SSSR count). The highest BCUT2D eigenvalue weighted by Gasteiger charge is 2.51. The lowest BCUT2D eigenvalue weighted by Gasteiger charge is -2.57. The maximum atomic E-state index is 11.4. The first-order valence-electron chi connectivity index (χ1n) is 9.06. The normalized spacial score (nSPS) is 34.4. The second-order valence-electron chi connectivity index (χ2n) is 7.82. The predicted octanol–water partition coefficient (Wildman–Crippen LogP) is 4.10. The van der Waals surface area contributed by atoms with Gasteiger partial charge in [-0.3, -0.25) is 0 Å². The molecular formula is C20H26O3. The molecular weight excluding hydrogens is 288 g/mol. The van der Waals surface area contributed by atoms with Crippen molar-refractivity contribution < 1.29 is 14.3 Å². The fourth-order valence-electron chi connectivity index (χ4n) is 5.71. The average molecular weight is 314 g/mol. The number of esters is 1. The van der Waals surface area contributed by atoms with E-state index in [1.54, 1.807) is 6.92 Å². The lowest BCUT2D eigenvalue weighted by atomic mass is 9.48. The Morgan fingerprint density at radius 1 is 1.04 bits per heavy atom. The minimum Gasteiger partial charge on any atom is -0.482 e. The first-order chi connectivity index (χ1) is 11.2. The van der Waals surface area contributed by atoms with Crippen LogP contribution in [0.25, 0.3) is 0 Å². The molecule has 0 N–H and O–H groups in total. The number of hydrogen-bond donors (Lipinski definition) is 0. The van der Waals surface area contributed by atoms with Crippen molar-refractivity contribution in [3.63, 3.8) is 0 Å². The van der Waals surface area contributed by atoms with Gasteiger partial charge in [0.25, 0.3) is 0 Å². The lowest BCUT2D eigenvalue weighted by Crippen LogP contribution is -2.48. The largest absolute Gasteiger partial charge is 0.482 e. The third kappa shape index (κ3) is 2.86. The van der Waals surface area contributed by atoms with Gasteiger partial charge < -0.3 is 9.47 Å². The number of rotatable bonds is 5. The molecule has 23 heavy (non-hydrogen) atoms. The van der Waals surface area contributed by atoms with E-state index in [0.29, 0.717) is 12.0 Å². The number of hydrogen-bond acceptors (Lipinski definition) is 3. The van der Waals surface area contributed by atoms with Gasteiger partial charge in [0.2, 0.25) is 0 Å². The predicted molar refractivity (Wildman–Crippen MR) is 88.4 cm³/mol. The van der Waals surface area contributed by atoms with Crippen molar-refractivity contribution in [1.29, 1.82) is 0 Å². The second kappa shape index (κ2) is 5.85. The van der Waals surface area contributed by atoms with Crippen molar-refractivity contribution in [2.24, 2.45) is 17.8 Å². The van der Waals surface area contributed by atoms with Crippen molar-refractivity contribution in [2.75, 3.05) is 13.2 Å². The number of carbonyl (C=O) groups excluding carboxylic acids is 1. The van der Waals surface area contributed by atoms with Crippen LogP contribution in [0.3, 0.4) is 0 Å². The van der Waals surface area contributed by atoms with Gasteiger partial charge in [-0.1, -0.05) is 12.1 Å². The topological polar surface area (TPSA) is 35.5 Å². The monoisotopic (exact) mass is 314 g/mol. The summed E-state index contributed by atoms with van der Waals surface area (Å²) in [6, 6.07) is 8.50. The van der Waals surface area contributed by atoms with E-state index in [1.807, 2.05) is 12.1 Å². The van der Waals surface area contributed by atoms with Crippen LogP contribution in [0.1, 0.15) is 51.0 Å². The average Bonchev–Trinajstić information content (AvgIpc) is 2.52. The van der Waals surface area contributed by atoms with Crippen LogP contribution >= 0.6 is 0 Å². The van der Waals surface area contributed by atoms with Gasteiger partial charge in [0.05, 0.1) is 6.61 Å². The van der Waals surface area contributed by atoms with Gasteiger partial charge >= 0.3 is 5.97 Å².